The first kappa shape index (κ1) is 25.4. The van der Waals surface area contributed by atoms with Gasteiger partial charge < -0.3 is 15.0 Å². The van der Waals surface area contributed by atoms with Crippen LogP contribution in [0.25, 0.3) is 11.0 Å². The van der Waals surface area contributed by atoms with E-state index in [0.29, 0.717) is 11.3 Å². The van der Waals surface area contributed by atoms with Crippen molar-refractivity contribution in [1.82, 2.24) is 25.2 Å². The van der Waals surface area contributed by atoms with E-state index in [0.717, 1.165) is 22.4 Å². The summed E-state index contributed by atoms with van der Waals surface area (Å²) in [5, 5.41) is 13.4. The highest BCUT2D eigenvalue weighted by Gasteiger charge is 2.35. The molecular weight excluding hydrogens is 474 g/mol. The molecule has 4 rings (SSSR count). The zero-order valence-corrected chi connectivity index (χ0v) is 21.8. The molecule has 0 unspecified atom stereocenters. The van der Waals surface area contributed by atoms with Gasteiger partial charge in [0.05, 0.1) is 12.6 Å². The molecule has 0 aliphatic heterocycles. The van der Waals surface area contributed by atoms with Gasteiger partial charge in [0.2, 0.25) is 11.8 Å². The van der Waals surface area contributed by atoms with Gasteiger partial charge in [-0.05, 0) is 61.5 Å². The first-order valence-corrected chi connectivity index (χ1v) is 12.8. The minimum absolute atomic E-state index is 0.0448. The van der Waals surface area contributed by atoms with Crippen LogP contribution in [0.3, 0.4) is 0 Å². The monoisotopic (exact) mass is 505 g/mol. The second-order valence-corrected chi connectivity index (χ2v) is 10.2. The number of carbonyl (C=O) groups excluding carboxylic acids is 2. The van der Waals surface area contributed by atoms with Crippen LogP contribution in [0, 0.1) is 0 Å². The number of fused-ring (bicyclic) bond motifs is 1. The summed E-state index contributed by atoms with van der Waals surface area (Å²) in [6.45, 7) is 6.16. The molecule has 2 amide bonds. The van der Waals surface area contributed by atoms with E-state index < -0.39 is 11.6 Å². The zero-order chi connectivity index (χ0) is 25.7. The molecule has 2 aromatic carbocycles. The fourth-order valence-corrected chi connectivity index (χ4v) is 4.74. The summed E-state index contributed by atoms with van der Waals surface area (Å²) in [7, 11) is 1.60. The van der Waals surface area contributed by atoms with Crippen LogP contribution in [0.2, 0.25) is 0 Å². The Hall–Kier alpha value is -3.72. The normalized spacial score (nSPS) is 12.3. The molecule has 0 spiro atoms. The van der Waals surface area contributed by atoms with Gasteiger partial charge in [0.1, 0.15) is 23.9 Å². The van der Waals surface area contributed by atoms with Gasteiger partial charge in [-0.25, -0.2) is 4.68 Å². The van der Waals surface area contributed by atoms with Crippen molar-refractivity contribution in [1.29, 1.82) is 0 Å². The van der Waals surface area contributed by atoms with Crippen LogP contribution in [-0.2, 0) is 22.7 Å². The third-order valence-electron chi connectivity index (χ3n) is 6.23. The number of methoxy groups -OCH3 is 1. The summed E-state index contributed by atoms with van der Waals surface area (Å²) >= 11 is 1.45. The Bertz CT molecular complexity index is 1330. The Morgan fingerprint density at radius 2 is 1.94 bits per heavy atom. The van der Waals surface area contributed by atoms with Crippen LogP contribution in [0.1, 0.15) is 43.7 Å². The maximum Gasteiger partial charge on any atom is 0.248 e. The number of carbonyl (C=O) groups is 2. The second kappa shape index (κ2) is 10.9. The molecular formula is C27H31N5O3S. The molecule has 36 heavy (non-hydrogen) atoms. The molecule has 2 heterocycles. The second-order valence-electron chi connectivity index (χ2n) is 9.25. The zero-order valence-electron chi connectivity index (χ0n) is 21.0. The van der Waals surface area contributed by atoms with E-state index in [9.17, 15) is 9.59 Å². The molecule has 1 N–H and O–H groups in total. The van der Waals surface area contributed by atoms with Crippen molar-refractivity contribution in [3.05, 3.63) is 76.5 Å². The Balaban J connectivity index is 1.73. The van der Waals surface area contributed by atoms with Gasteiger partial charge in [0.15, 0.2) is 0 Å². The molecule has 4 aromatic rings. The number of amides is 2. The van der Waals surface area contributed by atoms with E-state index in [2.05, 4.69) is 15.6 Å². The third kappa shape index (κ3) is 5.73. The van der Waals surface area contributed by atoms with Crippen molar-refractivity contribution >= 4 is 34.2 Å². The topological polar surface area (TPSA) is 89.4 Å². The molecule has 1 atom stereocenters. The largest absolute Gasteiger partial charge is 0.497 e. The summed E-state index contributed by atoms with van der Waals surface area (Å²) in [6.07, 6.45) is 0.755. The molecule has 0 saturated heterocycles. The maximum atomic E-state index is 13.9. The van der Waals surface area contributed by atoms with Gasteiger partial charge in [-0.1, -0.05) is 42.5 Å². The predicted molar refractivity (Wildman–Crippen MR) is 141 cm³/mol. The Kier molecular flexibility index (Phi) is 7.69. The highest BCUT2D eigenvalue weighted by molar-refractivity contribution is 7.10. The van der Waals surface area contributed by atoms with Gasteiger partial charge in [0.25, 0.3) is 0 Å². The van der Waals surface area contributed by atoms with Crippen LogP contribution < -0.4 is 10.1 Å². The van der Waals surface area contributed by atoms with Crippen molar-refractivity contribution in [3.8, 4) is 5.75 Å². The Labute approximate surface area is 214 Å². The lowest BCUT2D eigenvalue weighted by molar-refractivity contribution is -0.142. The minimum Gasteiger partial charge on any atom is -0.497 e. The molecule has 8 nitrogen and oxygen atoms in total. The van der Waals surface area contributed by atoms with Crippen molar-refractivity contribution in [3.63, 3.8) is 0 Å². The molecule has 2 aromatic heterocycles. The summed E-state index contributed by atoms with van der Waals surface area (Å²) in [5.74, 6) is 0.228. The number of thiophene rings is 1. The van der Waals surface area contributed by atoms with Crippen molar-refractivity contribution in [2.75, 3.05) is 7.11 Å². The average Bonchev–Trinajstić information content (AvgIpc) is 3.54. The van der Waals surface area contributed by atoms with Crippen LogP contribution >= 0.6 is 11.3 Å². The first-order chi connectivity index (χ1) is 17.3. The van der Waals surface area contributed by atoms with Crippen LogP contribution in [0.15, 0.2) is 66.0 Å². The molecule has 188 valence electrons. The highest BCUT2D eigenvalue weighted by Crippen LogP contribution is 2.29. The number of rotatable bonds is 10. The number of para-hydroxylation sites is 1. The minimum atomic E-state index is -0.802. The van der Waals surface area contributed by atoms with Crippen molar-refractivity contribution in [2.24, 2.45) is 0 Å². The van der Waals surface area contributed by atoms with Crippen LogP contribution in [0.4, 0.5) is 0 Å². The van der Waals surface area contributed by atoms with E-state index >= 15 is 0 Å². The standard InChI is InChI=1S/C27H31N5O3S/c1-5-27(2,3)28-26(34)25(23-14-9-15-36-23)31(17-19-10-8-11-20(16-19)35-4)24(33)18-32-22-13-7-6-12-21(22)29-30-32/h6-16,25H,5,17-18H2,1-4H3,(H,28,34)/t25-/m0/s1. The predicted octanol–water partition coefficient (Wildman–Crippen LogP) is 4.58. The third-order valence-corrected chi connectivity index (χ3v) is 7.16. The smallest absolute Gasteiger partial charge is 0.248 e. The van der Waals surface area contributed by atoms with Gasteiger partial charge in [0, 0.05) is 17.0 Å². The molecule has 9 heteroatoms. The molecule has 0 bridgehead atoms. The SMILES string of the molecule is CCC(C)(C)NC(=O)[C@H](c1cccs1)N(Cc1cccc(OC)c1)C(=O)Cn1nnc2ccccc21. The fraction of sp³-hybridized carbons (Fsp3) is 0.333. The van der Waals surface area contributed by atoms with Gasteiger partial charge in [-0.3, -0.25) is 9.59 Å². The van der Waals surface area contributed by atoms with Crippen molar-refractivity contribution < 1.29 is 14.3 Å². The molecule has 0 aliphatic carbocycles. The van der Waals surface area contributed by atoms with Crippen LogP contribution in [-0.4, -0.2) is 44.4 Å². The Morgan fingerprint density at radius 1 is 1.14 bits per heavy atom. The summed E-state index contributed by atoms with van der Waals surface area (Å²) in [6, 6.07) is 18.0. The summed E-state index contributed by atoms with van der Waals surface area (Å²) < 4.78 is 6.97. The van der Waals surface area contributed by atoms with E-state index in [-0.39, 0.29) is 24.9 Å². The lowest BCUT2D eigenvalue weighted by Gasteiger charge is -2.34. The van der Waals surface area contributed by atoms with Crippen LogP contribution in [0.5, 0.6) is 5.75 Å². The van der Waals surface area contributed by atoms with E-state index in [1.165, 1.54) is 11.3 Å². The molecule has 0 aliphatic rings. The number of hydrogen-bond donors (Lipinski definition) is 1. The fourth-order valence-electron chi connectivity index (χ4n) is 3.91. The number of ether oxygens (including phenoxy) is 1. The summed E-state index contributed by atoms with van der Waals surface area (Å²) in [4.78, 5) is 30.1. The Morgan fingerprint density at radius 3 is 2.67 bits per heavy atom. The maximum absolute atomic E-state index is 13.9. The molecule has 0 radical (unpaired) electrons. The van der Waals surface area contributed by atoms with Gasteiger partial charge in [-0.2, -0.15) is 0 Å². The lowest BCUT2D eigenvalue weighted by Crippen LogP contribution is -2.50. The lowest BCUT2D eigenvalue weighted by atomic mass is 10.0. The number of benzene rings is 2. The number of aromatic nitrogens is 3. The first-order valence-electron chi connectivity index (χ1n) is 11.9. The number of nitrogens with zero attached hydrogens (tertiary/aromatic N) is 4. The average molecular weight is 506 g/mol. The van der Waals surface area contributed by atoms with E-state index in [4.69, 9.17) is 4.74 Å². The van der Waals surface area contributed by atoms with Gasteiger partial charge in [-0.15, -0.1) is 16.4 Å². The van der Waals surface area contributed by atoms with Gasteiger partial charge >= 0.3 is 0 Å². The quantitative estimate of drug-likeness (QED) is 0.341. The molecule has 0 fully saturated rings. The van der Waals surface area contributed by atoms with Crippen molar-refractivity contribution in [2.45, 2.75) is 51.9 Å². The summed E-state index contributed by atoms with van der Waals surface area (Å²) in [5.41, 5.74) is 1.91. The highest BCUT2D eigenvalue weighted by atomic mass is 32.1. The molecule has 0 saturated carbocycles. The number of nitrogens with one attached hydrogen (secondary N) is 1. The van der Waals surface area contributed by atoms with E-state index in [1.807, 2.05) is 86.8 Å². The number of hydrogen-bond acceptors (Lipinski definition) is 6. The van der Waals surface area contributed by atoms with E-state index in [1.54, 1.807) is 16.7 Å².